The maximum absolute atomic E-state index is 13.4. The molecule has 2 aromatic rings. The third kappa shape index (κ3) is 3.91. The molecule has 0 saturated heterocycles. The first kappa shape index (κ1) is 15.2. The van der Waals surface area contributed by atoms with E-state index in [0.29, 0.717) is 22.4 Å². The molecule has 0 aliphatic rings. The highest BCUT2D eigenvalue weighted by atomic mass is 79.9. The van der Waals surface area contributed by atoms with E-state index in [1.165, 1.54) is 12.1 Å². The summed E-state index contributed by atoms with van der Waals surface area (Å²) >= 11 is 8.97. The molecule has 3 nitrogen and oxygen atoms in total. The van der Waals surface area contributed by atoms with E-state index in [0.717, 1.165) is 5.56 Å². The molecule has 0 fully saturated rings. The summed E-state index contributed by atoms with van der Waals surface area (Å²) in [4.78, 5) is 4.09. The molecule has 1 heterocycles. The van der Waals surface area contributed by atoms with E-state index in [-0.39, 0.29) is 11.1 Å². The van der Waals surface area contributed by atoms with Crippen molar-refractivity contribution in [2.75, 3.05) is 0 Å². The van der Waals surface area contributed by atoms with Crippen molar-refractivity contribution in [1.82, 2.24) is 4.98 Å². The lowest BCUT2D eigenvalue weighted by Gasteiger charge is -2.10. The van der Waals surface area contributed by atoms with Crippen molar-refractivity contribution in [2.24, 2.45) is 5.73 Å². The van der Waals surface area contributed by atoms with Crippen LogP contribution in [0.4, 0.5) is 4.39 Å². The average molecular weight is 360 g/mol. The fourth-order valence-electron chi connectivity index (χ4n) is 1.71. The second-order valence-electron chi connectivity index (χ2n) is 4.51. The van der Waals surface area contributed by atoms with Crippen LogP contribution < -0.4 is 10.5 Å². The van der Waals surface area contributed by atoms with Crippen LogP contribution in [0, 0.1) is 5.82 Å². The van der Waals surface area contributed by atoms with Crippen LogP contribution in [-0.4, -0.2) is 11.0 Å². The molecular weight excluding hydrogens is 347 g/mol. The van der Waals surface area contributed by atoms with Gasteiger partial charge in [-0.25, -0.2) is 4.39 Å². The highest BCUT2D eigenvalue weighted by molar-refractivity contribution is 9.10. The van der Waals surface area contributed by atoms with Gasteiger partial charge in [-0.3, -0.25) is 4.98 Å². The highest BCUT2D eigenvalue weighted by Gasteiger charge is 2.09. The third-order valence-electron chi connectivity index (χ3n) is 2.53. The molecule has 20 heavy (non-hydrogen) atoms. The Bertz CT molecular complexity index is 622. The van der Waals surface area contributed by atoms with Crippen LogP contribution in [0.25, 0.3) is 0 Å². The lowest BCUT2D eigenvalue weighted by Crippen LogP contribution is -2.17. The Hall–Kier alpha value is -1.17. The number of benzene rings is 1. The van der Waals surface area contributed by atoms with E-state index in [4.69, 9.17) is 22.1 Å². The summed E-state index contributed by atoms with van der Waals surface area (Å²) in [7, 11) is 0. The first-order valence-electron chi connectivity index (χ1n) is 5.97. The summed E-state index contributed by atoms with van der Waals surface area (Å²) in [6, 6.07) is 4.54. The number of hydrogen-bond acceptors (Lipinski definition) is 3. The molecule has 0 amide bonds. The molecule has 1 atom stereocenters. The van der Waals surface area contributed by atoms with Crippen LogP contribution >= 0.6 is 27.5 Å². The standard InChI is InChI=1S/C14H13BrClFN2O/c1-8(18)2-9-3-10(7-19-6-9)20-14-5-13(17)12(16)4-11(14)15/h3-8H,2,18H2,1H3. The Labute approximate surface area is 130 Å². The number of aromatic nitrogens is 1. The van der Waals surface area contributed by atoms with E-state index in [1.54, 1.807) is 12.4 Å². The van der Waals surface area contributed by atoms with Crippen molar-refractivity contribution in [3.05, 3.63) is 51.5 Å². The van der Waals surface area contributed by atoms with Gasteiger partial charge in [-0.15, -0.1) is 0 Å². The summed E-state index contributed by atoms with van der Waals surface area (Å²) in [6.45, 7) is 1.92. The van der Waals surface area contributed by atoms with Gasteiger partial charge in [-0.05, 0) is 47.0 Å². The minimum Gasteiger partial charge on any atom is -0.454 e. The maximum Gasteiger partial charge on any atom is 0.146 e. The minimum atomic E-state index is -0.537. The van der Waals surface area contributed by atoms with Crippen molar-refractivity contribution in [3.8, 4) is 11.5 Å². The zero-order chi connectivity index (χ0) is 14.7. The van der Waals surface area contributed by atoms with Crippen LogP contribution in [0.15, 0.2) is 35.1 Å². The second-order valence-corrected chi connectivity index (χ2v) is 5.77. The topological polar surface area (TPSA) is 48.1 Å². The van der Waals surface area contributed by atoms with E-state index >= 15 is 0 Å². The van der Waals surface area contributed by atoms with Crippen molar-refractivity contribution in [3.63, 3.8) is 0 Å². The Morgan fingerprint density at radius 1 is 1.40 bits per heavy atom. The Kier molecular flexibility index (Phi) is 4.96. The molecular formula is C14H13BrClFN2O. The average Bonchev–Trinajstić information content (AvgIpc) is 2.35. The maximum atomic E-state index is 13.4. The number of nitrogens with two attached hydrogens (primary N) is 1. The monoisotopic (exact) mass is 358 g/mol. The normalized spacial score (nSPS) is 12.2. The lowest BCUT2D eigenvalue weighted by atomic mass is 10.1. The lowest BCUT2D eigenvalue weighted by molar-refractivity contribution is 0.470. The van der Waals surface area contributed by atoms with E-state index in [1.807, 2.05) is 13.0 Å². The van der Waals surface area contributed by atoms with Crippen LogP contribution in [0.1, 0.15) is 12.5 Å². The molecule has 1 aromatic carbocycles. The SMILES string of the molecule is CC(N)Cc1cncc(Oc2cc(F)c(Cl)cc2Br)c1. The molecule has 1 unspecified atom stereocenters. The first-order chi connectivity index (χ1) is 9.45. The predicted molar refractivity (Wildman–Crippen MR) is 80.8 cm³/mol. The van der Waals surface area contributed by atoms with Crippen LogP contribution in [0.3, 0.4) is 0 Å². The van der Waals surface area contributed by atoms with Gasteiger partial charge in [0.1, 0.15) is 17.3 Å². The van der Waals surface area contributed by atoms with Crippen molar-refractivity contribution >= 4 is 27.5 Å². The zero-order valence-corrected chi connectivity index (χ0v) is 13.1. The molecule has 0 aliphatic heterocycles. The molecule has 0 saturated carbocycles. The van der Waals surface area contributed by atoms with Crippen molar-refractivity contribution in [1.29, 1.82) is 0 Å². The molecule has 0 aliphatic carbocycles. The quantitative estimate of drug-likeness (QED) is 0.827. The summed E-state index contributed by atoms with van der Waals surface area (Å²) in [5, 5.41) is 0.0352. The van der Waals surface area contributed by atoms with Crippen LogP contribution in [0.2, 0.25) is 5.02 Å². The highest BCUT2D eigenvalue weighted by Crippen LogP contribution is 2.33. The first-order valence-corrected chi connectivity index (χ1v) is 7.14. The molecule has 0 bridgehead atoms. The minimum absolute atomic E-state index is 0.0340. The van der Waals surface area contributed by atoms with E-state index in [9.17, 15) is 4.39 Å². The molecule has 6 heteroatoms. The van der Waals surface area contributed by atoms with Crippen molar-refractivity contribution in [2.45, 2.75) is 19.4 Å². The van der Waals surface area contributed by atoms with Crippen LogP contribution in [-0.2, 0) is 6.42 Å². The van der Waals surface area contributed by atoms with Gasteiger partial charge in [0.15, 0.2) is 0 Å². The molecule has 2 N–H and O–H groups in total. The van der Waals surface area contributed by atoms with Gasteiger partial charge in [-0.1, -0.05) is 11.6 Å². The number of nitrogens with zero attached hydrogens (tertiary/aromatic N) is 1. The van der Waals surface area contributed by atoms with Gasteiger partial charge < -0.3 is 10.5 Å². The second kappa shape index (κ2) is 6.52. The fraction of sp³-hybridized carbons (Fsp3) is 0.214. The van der Waals surface area contributed by atoms with Gasteiger partial charge in [0.25, 0.3) is 0 Å². The van der Waals surface area contributed by atoms with Crippen molar-refractivity contribution < 1.29 is 9.13 Å². The molecule has 0 radical (unpaired) electrons. The van der Waals surface area contributed by atoms with Gasteiger partial charge in [0, 0.05) is 18.3 Å². The summed E-state index contributed by atoms with van der Waals surface area (Å²) in [5.74, 6) is 0.321. The van der Waals surface area contributed by atoms with Gasteiger partial charge in [0.2, 0.25) is 0 Å². The smallest absolute Gasteiger partial charge is 0.146 e. The van der Waals surface area contributed by atoms with E-state index < -0.39 is 5.82 Å². The van der Waals surface area contributed by atoms with Gasteiger partial charge in [-0.2, -0.15) is 0 Å². The van der Waals surface area contributed by atoms with E-state index in [2.05, 4.69) is 20.9 Å². The Balaban J connectivity index is 2.24. The van der Waals surface area contributed by atoms with Gasteiger partial charge >= 0.3 is 0 Å². The third-order valence-corrected chi connectivity index (χ3v) is 3.44. The van der Waals surface area contributed by atoms with Crippen LogP contribution in [0.5, 0.6) is 11.5 Å². The summed E-state index contributed by atoms with van der Waals surface area (Å²) in [6.07, 6.45) is 3.98. The van der Waals surface area contributed by atoms with Gasteiger partial charge in [0.05, 0.1) is 15.7 Å². The summed E-state index contributed by atoms with van der Waals surface area (Å²) in [5.41, 5.74) is 6.71. The molecule has 106 valence electrons. The molecule has 1 aromatic heterocycles. The Morgan fingerprint density at radius 3 is 2.85 bits per heavy atom. The fourth-order valence-corrected chi connectivity index (χ4v) is 2.43. The Morgan fingerprint density at radius 2 is 2.15 bits per heavy atom. The molecule has 2 rings (SSSR count). The zero-order valence-electron chi connectivity index (χ0n) is 10.7. The number of pyridine rings is 1. The number of hydrogen-bond donors (Lipinski definition) is 1. The number of halogens is 3. The molecule has 0 spiro atoms. The summed E-state index contributed by atoms with van der Waals surface area (Å²) < 4.78 is 19.6. The predicted octanol–water partition coefficient (Wildman–Crippen LogP) is 4.32. The number of rotatable bonds is 4. The number of ether oxygens (including phenoxy) is 1. The largest absolute Gasteiger partial charge is 0.454 e.